The van der Waals surface area contributed by atoms with Gasteiger partial charge in [-0.2, -0.15) is 0 Å². The van der Waals surface area contributed by atoms with Gasteiger partial charge in [0.25, 0.3) is 0 Å². The SMILES string of the molecule is C=Cc1ccc(OC(C)(CCC)OCCCC)cc1. The molecule has 0 amide bonds. The van der Waals surface area contributed by atoms with E-state index in [0.717, 1.165) is 43.6 Å². The van der Waals surface area contributed by atoms with Gasteiger partial charge in [-0.15, -0.1) is 0 Å². The molecule has 0 aromatic heterocycles. The van der Waals surface area contributed by atoms with Crippen molar-refractivity contribution in [1.29, 1.82) is 0 Å². The van der Waals surface area contributed by atoms with Crippen LogP contribution in [-0.4, -0.2) is 12.4 Å². The average molecular weight is 262 g/mol. The molecule has 0 fully saturated rings. The predicted octanol–water partition coefficient (Wildman–Crippen LogP) is 5.04. The first-order chi connectivity index (χ1) is 9.13. The molecule has 0 N–H and O–H groups in total. The lowest BCUT2D eigenvalue weighted by Gasteiger charge is -2.30. The van der Waals surface area contributed by atoms with Gasteiger partial charge >= 0.3 is 0 Å². The summed E-state index contributed by atoms with van der Waals surface area (Å²) in [6, 6.07) is 7.93. The van der Waals surface area contributed by atoms with Gasteiger partial charge in [0.1, 0.15) is 5.75 Å². The topological polar surface area (TPSA) is 18.5 Å². The summed E-state index contributed by atoms with van der Waals surface area (Å²) in [5, 5.41) is 0. The second kappa shape index (κ2) is 8.00. The van der Waals surface area contributed by atoms with Crippen LogP contribution in [0.4, 0.5) is 0 Å². The molecule has 2 heteroatoms. The Morgan fingerprint density at radius 1 is 1.16 bits per heavy atom. The molecule has 1 aromatic rings. The summed E-state index contributed by atoms with van der Waals surface area (Å²) >= 11 is 0. The zero-order valence-corrected chi connectivity index (χ0v) is 12.4. The maximum atomic E-state index is 6.03. The van der Waals surface area contributed by atoms with Crippen molar-refractivity contribution in [3.63, 3.8) is 0 Å². The Morgan fingerprint density at radius 3 is 2.37 bits per heavy atom. The van der Waals surface area contributed by atoms with Crippen LogP contribution in [0.15, 0.2) is 30.8 Å². The smallest absolute Gasteiger partial charge is 0.207 e. The number of hydrogen-bond donors (Lipinski definition) is 0. The van der Waals surface area contributed by atoms with Crippen LogP contribution >= 0.6 is 0 Å². The molecule has 1 unspecified atom stereocenters. The highest BCUT2D eigenvalue weighted by atomic mass is 16.7. The highest BCUT2D eigenvalue weighted by Crippen LogP contribution is 2.24. The first-order valence-electron chi connectivity index (χ1n) is 7.19. The van der Waals surface area contributed by atoms with E-state index in [-0.39, 0.29) is 0 Å². The predicted molar refractivity (Wildman–Crippen MR) is 81.3 cm³/mol. The van der Waals surface area contributed by atoms with Crippen molar-refractivity contribution < 1.29 is 9.47 Å². The minimum Gasteiger partial charge on any atom is -0.463 e. The summed E-state index contributed by atoms with van der Waals surface area (Å²) in [5.41, 5.74) is 1.09. The van der Waals surface area contributed by atoms with E-state index in [0.29, 0.717) is 0 Å². The van der Waals surface area contributed by atoms with E-state index in [1.54, 1.807) is 0 Å². The second-order valence-electron chi connectivity index (χ2n) is 4.96. The molecule has 0 bridgehead atoms. The third-order valence-corrected chi connectivity index (χ3v) is 3.06. The van der Waals surface area contributed by atoms with E-state index in [4.69, 9.17) is 9.47 Å². The second-order valence-corrected chi connectivity index (χ2v) is 4.96. The quantitative estimate of drug-likeness (QED) is 0.458. The number of rotatable bonds is 9. The standard InChI is InChI=1S/C17H26O2/c1-5-8-14-18-17(4,13-6-2)19-16-11-9-15(7-3)10-12-16/h7,9-12H,3,5-6,8,13-14H2,1-2,4H3. The summed E-state index contributed by atoms with van der Waals surface area (Å²) < 4.78 is 12.0. The Bertz CT molecular complexity index is 369. The molecule has 19 heavy (non-hydrogen) atoms. The molecule has 0 aliphatic carbocycles. The third-order valence-electron chi connectivity index (χ3n) is 3.06. The van der Waals surface area contributed by atoms with E-state index >= 15 is 0 Å². The van der Waals surface area contributed by atoms with Crippen molar-refractivity contribution in [2.24, 2.45) is 0 Å². The maximum Gasteiger partial charge on any atom is 0.207 e. The summed E-state index contributed by atoms with van der Waals surface area (Å²) in [5.74, 6) is 0.317. The van der Waals surface area contributed by atoms with Crippen molar-refractivity contribution in [2.45, 2.75) is 52.2 Å². The number of unbranched alkanes of at least 4 members (excludes halogenated alkanes) is 1. The zero-order chi connectivity index (χ0) is 14.1. The molecule has 1 aromatic carbocycles. The van der Waals surface area contributed by atoms with Crippen molar-refractivity contribution in [1.82, 2.24) is 0 Å². The number of benzene rings is 1. The summed E-state index contributed by atoms with van der Waals surface area (Å²) in [6.07, 6.45) is 5.95. The molecular formula is C17H26O2. The van der Waals surface area contributed by atoms with Crippen LogP contribution in [0.5, 0.6) is 5.75 Å². The Labute approximate surface area is 117 Å². The molecule has 0 heterocycles. The van der Waals surface area contributed by atoms with Gasteiger partial charge in [0, 0.05) is 13.3 Å². The van der Waals surface area contributed by atoms with Crippen molar-refractivity contribution in [2.75, 3.05) is 6.61 Å². The van der Waals surface area contributed by atoms with Crippen LogP contribution in [0.3, 0.4) is 0 Å². The summed E-state index contributed by atoms with van der Waals surface area (Å²) in [7, 11) is 0. The molecule has 0 saturated heterocycles. The first kappa shape index (κ1) is 15.8. The van der Waals surface area contributed by atoms with Crippen LogP contribution in [0.1, 0.15) is 52.0 Å². The molecule has 0 aliphatic rings. The fraction of sp³-hybridized carbons (Fsp3) is 0.529. The number of hydrogen-bond acceptors (Lipinski definition) is 2. The van der Waals surface area contributed by atoms with E-state index in [9.17, 15) is 0 Å². The van der Waals surface area contributed by atoms with Gasteiger partial charge in [-0.05, 0) is 30.5 Å². The van der Waals surface area contributed by atoms with Gasteiger partial charge in [-0.25, -0.2) is 0 Å². The van der Waals surface area contributed by atoms with Gasteiger partial charge in [-0.1, -0.05) is 45.1 Å². The maximum absolute atomic E-state index is 6.03. The Morgan fingerprint density at radius 2 is 1.84 bits per heavy atom. The van der Waals surface area contributed by atoms with Crippen LogP contribution in [0.2, 0.25) is 0 Å². The van der Waals surface area contributed by atoms with Gasteiger partial charge < -0.3 is 9.47 Å². The highest BCUT2D eigenvalue weighted by Gasteiger charge is 2.26. The molecule has 1 rings (SSSR count). The highest BCUT2D eigenvalue weighted by molar-refractivity contribution is 5.48. The third kappa shape index (κ3) is 5.48. The summed E-state index contributed by atoms with van der Waals surface area (Å²) in [6.45, 7) is 10.8. The Kier molecular flexibility index (Phi) is 6.65. The molecule has 106 valence electrons. The van der Waals surface area contributed by atoms with Crippen LogP contribution in [0.25, 0.3) is 6.08 Å². The van der Waals surface area contributed by atoms with Gasteiger partial charge in [0.05, 0.1) is 6.61 Å². The van der Waals surface area contributed by atoms with E-state index in [1.807, 2.05) is 37.3 Å². The van der Waals surface area contributed by atoms with Gasteiger partial charge in [-0.3, -0.25) is 0 Å². The van der Waals surface area contributed by atoms with Crippen LogP contribution in [0, 0.1) is 0 Å². The van der Waals surface area contributed by atoms with Crippen LogP contribution in [-0.2, 0) is 4.74 Å². The normalized spacial score (nSPS) is 13.8. The fourth-order valence-corrected chi connectivity index (χ4v) is 1.96. The minimum absolute atomic E-state index is 0.528. The summed E-state index contributed by atoms with van der Waals surface area (Å²) in [4.78, 5) is 0. The van der Waals surface area contributed by atoms with E-state index in [2.05, 4.69) is 20.4 Å². The molecule has 0 saturated carbocycles. The van der Waals surface area contributed by atoms with E-state index in [1.165, 1.54) is 0 Å². The molecule has 1 atom stereocenters. The molecule has 0 aliphatic heterocycles. The van der Waals surface area contributed by atoms with Crippen LogP contribution < -0.4 is 4.74 Å². The fourth-order valence-electron chi connectivity index (χ4n) is 1.96. The Balaban J connectivity index is 2.66. The van der Waals surface area contributed by atoms with Gasteiger partial charge in [0.15, 0.2) is 0 Å². The van der Waals surface area contributed by atoms with Gasteiger partial charge in [0.2, 0.25) is 5.79 Å². The molecule has 0 radical (unpaired) electrons. The number of ether oxygens (including phenoxy) is 2. The van der Waals surface area contributed by atoms with Crippen molar-refractivity contribution in [3.05, 3.63) is 36.4 Å². The van der Waals surface area contributed by atoms with Crippen molar-refractivity contribution >= 4 is 6.08 Å². The average Bonchev–Trinajstić information content (AvgIpc) is 2.40. The minimum atomic E-state index is -0.528. The molecule has 0 spiro atoms. The lowest BCUT2D eigenvalue weighted by atomic mass is 10.1. The van der Waals surface area contributed by atoms with Crippen molar-refractivity contribution in [3.8, 4) is 5.75 Å². The lowest BCUT2D eigenvalue weighted by molar-refractivity contribution is -0.175. The lowest BCUT2D eigenvalue weighted by Crippen LogP contribution is -2.36. The van der Waals surface area contributed by atoms with E-state index < -0.39 is 5.79 Å². The largest absolute Gasteiger partial charge is 0.463 e. The Hall–Kier alpha value is -1.28. The monoisotopic (exact) mass is 262 g/mol. The zero-order valence-electron chi connectivity index (χ0n) is 12.4. The first-order valence-corrected chi connectivity index (χ1v) is 7.19. The molecule has 2 nitrogen and oxygen atoms in total. The molecular weight excluding hydrogens is 236 g/mol.